The summed E-state index contributed by atoms with van der Waals surface area (Å²) in [6, 6.07) is 9.40. The van der Waals surface area contributed by atoms with Gasteiger partial charge in [-0.1, -0.05) is 6.07 Å². The molecule has 0 bridgehead atoms. The molecule has 0 N–H and O–H groups in total. The van der Waals surface area contributed by atoms with Crippen molar-refractivity contribution in [1.29, 1.82) is 0 Å². The molecule has 1 fully saturated rings. The van der Waals surface area contributed by atoms with E-state index in [4.69, 9.17) is 14.5 Å². The van der Waals surface area contributed by atoms with Crippen LogP contribution < -0.4 is 9.47 Å². The van der Waals surface area contributed by atoms with Gasteiger partial charge in [0.15, 0.2) is 0 Å². The van der Waals surface area contributed by atoms with Gasteiger partial charge in [-0.2, -0.15) is 4.98 Å². The lowest BCUT2D eigenvalue weighted by Crippen LogP contribution is -2.21. The van der Waals surface area contributed by atoms with E-state index in [9.17, 15) is 0 Å². The summed E-state index contributed by atoms with van der Waals surface area (Å²) >= 11 is 0. The van der Waals surface area contributed by atoms with Crippen LogP contribution in [0.4, 0.5) is 0 Å². The quantitative estimate of drug-likeness (QED) is 0.655. The predicted octanol–water partition coefficient (Wildman–Crippen LogP) is 3.31. The van der Waals surface area contributed by atoms with Crippen LogP contribution in [0.1, 0.15) is 29.6 Å². The number of rotatable bonds is 6. The molecular weight excluding hydrogens is 354 g/mol. The molecule has 0 saturated carbocycles. The molecule has 7 nitrogen and oxygen atoms in total. The molecule has 146 valence electrons. The fourth-order valence-electron chi connectivity index (χ4n) is 3.54. The van der Waals surface area contributed by atoms with Crippen LogP contribution in [0, 0.1) is 6.92 Å². The highest BCUT2D eigenvalue weighted by molar-refractivity contribution is 5.35. The first-order valence-corrected chi connectivity index (χ1v) is 9.46. The van der Waals surface area contributed by atoms with E-state index in [1.165, 1.54) is 5.69 Å². The van der Waals surface area contributed by atoms with Crippen LogP contribution in [0.3, 0.4) is 0 Å². The minimum absolute atomic E-state index is 0.306. The van der Waals surface area contributed by atoms with Gasteiger partial charge in [-0.3, -0.25) is 4.90 Å². The largest absolute Gasteiger partial charge is 0.497 e. The zero-order chi connectivity index (χ0) is 19.5. The summed E-state index contributed by atoms with van der Waals surface area (Å²) in [5.41, 5.74) is 2.13. The van der Waals surface area contributed by atoms with Gasteiger partial charge in [0.25, 0.3) is 0 Å². The Labute approximate surface area is 165 Å². The molecule has 0 aliphatic carbocycles. The van der Waals surface area contributed by atoms with Crippen molar-refractivity contribution in [2.45, 2.75) is 25.8 Å². The number of likely N-dealkylation sites (tertiary alicyclic amines) is 1. The van der Waals surface area contributed by atoms with Crippen LogP contribution >= 0.6 is 0 Å². The van der Waals surface area contributed by atoms with Gasteiger partial charge in [0, 0.05) is 50.1 Å². The van der Waals surface area contributed by atoms with E-state index >= 15 is 0 Å². The summed E-state index contributed by atoms with van der Waals surface area (Å²) in [5.74, 6) is 3.18. The maximum absolute atomic E-state index is 5.97. The van der Waals surface area contributed by atoms with Crippen molar-refractivity contribution in [3.8, 4) is 17.4 Å². The summed E-state index contributed by atoms with van der Waals surface area (Å²) in [4.78, 5) is 16.0. The van der Waals surface area contributed by atoms with Crippen molar-refractivity contribution < 1.29 is 9.47 Å². The average molecular weight is 379 g/mol. The van der Waals surface area contributed by atoms with Crippen LogP contribution in [0.5, 0.6) is 17.4 Å². The Hall–Kier alpha value is -2.93. The molecule has 1 saturated heterocycles. The Morgan fingerprint density at radius 1 is 1.18 bits per heavy atom. The Morgan fingerprint density at radius 2 is 2.04 bits per heavy atom. The van der Waals surface area contributed by atoms with Gasteiger partial charge < -0.3 is 14.0 Å². The molecule has 7 heteroatoms. The SMILES string of the molecule is COc1cccc(Oc2cc(C)nc(C3CCN(Cc4cncn4C)C3)n2)c1. The average Bonchev–Trinajstić information content (AvgIpc) is 3.31. The number of methoxy groups -OCH3 is 1. The topological polar surface area (TPSA) is 65.3 Å². The number of aryl methyl sites for hydroxylation is 2. The lowest BCUT2D eigenvalue weighted by molar-refractivity contribution is 0.317. The highest BCUT2D eigenvalue weighted by atomic mass is 16.5. The third kappa shape index (κ3) is 4.14. The maximum Gasteiger partial charge on any atom is 0.222 e. The molecule has 1 aromatic carbocycles. The van der Waals surface area contributed by atoms with Crippen LogP contribution in [-0.2, 0) is 13.6 Å². The van der Waals surface area contributed by atoms with Crippen molar-refractivity contribution in [2.24, 2.45) is 7.05 Å². The van der Waals surface area contributed by atoms with E-state index in [0.29, 0.717) is 17.5 Å². The van der Waals surface area contributed by atoms with Crippen molar-refractivity contribution in [3.05, 3.63) is 60.1 Å². The van der Waals surface area contributed by atoms with Gasteiger partial charge >= 0.3 is 0 Å². The Kier molecular flexibility index (Phi) is 5.25. The van der Waals surface area contributed by atoms with E-state index in [1.807, 2.05) is 56.8 Å². The second-order valence-corrected chi connectivity index (χ2v) is 7.20. The highest BCUT2D eigenvalue weighted by Crippen LogP contribution is 2.29. The van der Waals surface area contributed by atoms with Crippen molar-refractivity contribution in [2.75, 3.05) is 20.2 Å². The van der Waals surface area contributed by atoms with Gasteiger partial charge in [0.05, 0.1) is 19.1 Å². The predicted molar refractivity (Wildman–Crippen MR) is 106 cm³/mol. The molecule has 0 amide bonds. The number of imidazole rings is 1. The first kappa shape index (κ1) is 18.4. The number of aromatic nitrogens is 4. The lowest BCUT2D eigenvalue weighted by Gasteiger charge is -2.16. The normalized spacial score (nSPS) is 17.0. The Balaban J connectivity index is 1.47. The third-order valence-electron chi connectivity index (χ3n) is 5.05. The van der Waals surface area contributed by atoms with Crippen LogP contribution in [0.25, 0.3) is 0 Å². The molecule has 3 aromatic rings. The number of benzene rings is 1. The van der Waals surface area contributed by atoms with Gasteiger partial charge in [-0.05, 0) is 32.0 Å². The first-order valence-electron chi connectivity index (χ1n) is 9.46. The second kappa shape index (κ2) is 7.98. The van der Waals surface area contributed by atoms with Crippen molar-refractivity contribution >= 4 is 0 Å². The number of hydrogen-bond donors (Lipinski definition) is 0. The zero-order valence-corrected chi connectivity index (χ0v) is 16.5. The van der Waals surface area contributed by atoms with Crippen LogP contribution in [0.2, 0.25) is 0 Å². The molecule has 1 aliphatic rings. The summed E-state index contributed by atoms with van der Waals surface area (Å²) in [6.45, 7) is 4.84. The smallest absolute Gasteiger partial charge is 0.222 e. The Morgan fingerprint density at radius 3 is 2.82 bits per heavy atom. The van der Waals surface area contributed by atoms with Gasteiger partial charge in [0.2, 0.25) is 5.88 Å². The number of ether oxygens (including phenoxy) is 2. The molecule has 1 aliphatic heterocycles. The fourth-order valence-corrected chi connectivity index (χ4v) is 3.54. The van der Waals surface area contributed by atoms with Gasteiger partial charge in [0.1, 0.15) is 17.3 Å². The monoisotopic (exact) mass is 379 g/mol. The fraction of sp³-hybridized carbons (Fsp3) is 0.381. The van der Waals surface area contributed by atoms with Crippen molar-refractivity contribution in [3.63, 3.8) is 0 Å². The zero-order valence-electron chi connectivity index (χ0n) is 16.5. The number of nitrogens with zero attached hydrogens (tertiary/aromatic N) is 5. The molecule has 1 atom stereocenters. The maximum atomic E-state index is 5.97. The third-order valence-corrected chi connectivity index (χ3v) is 5.05. The molecular formula is C21H25N5O2. The molecule has 4 rings (SSSR count). The van der Waals surface area contributed by atoms with Crippen molar-refractivity contribution in [1.82, 2.24) is 24.4 Å². The summed E-state index contributed by atoms with van der Waals surface area (Å²) in [6.07, 6.45) is 4.81. The van der Waals surface area contributed by atoms with E-state index in [2.05, 4.69) is 19.4 Å². The minimum atomic E-state index is 0.306. The first-order chi connectivity index (χ1) is 13.6. The molecule has 0 radical (unpaired) electrons. The van der Waals surface area contributed by atoms with E-state index in [-0.39, 0.29) is 0 Å². The second-order valence-electron chi connectivity index (χ2n) is 7.20. The summed E-state index contributed by atoms with van der Waals surface area (Å²) in [5, 5.41) is 0. The summed E-state index contributed by atoms with van der Waals surface area (Å²) < 4.78 is 13.3. The Bertz CT molecular complexity index is 955. The van der Waals surface area contributed by atoms with Crippen LogP contribution in [0.15, 0.2) is 42.9 Å². The van der Waals surface area contributed by atoms with E-state index in [0.717, 1.165) is 43.3 Å². The molecule has 0 spiro atoms. The molecule has 3 heterocycles. The number of hydrogen-bond acceptors (Lipinski definition) is 6. The van der Waals surface area contributed by atoms with E-state index < -0.39 is 0 Å². The lowest BCUT2D eigenvalue weighted by atomic mass is 10.1. The highest BCUT2D eigenvalue weighted by Gasteiger charge is 2.27. The molecule has 28 heavy (non-hydrogen) atoms. The minimum Gasteiger partial charge on any atom is -0.497 e. The van der Waals surface area contributed by atoms with Gasteiger partial charge in [-0.25, -0.2) is 9.97 Å². The van der Waals surface area contributed by atoms with Gasteiger partial charge in [-0.15, -0.1) is 0 Å². The van der Waals surface area contributed by atoms with E-state index in [1.54, 1.807) is 7.11 Å². The standard InChI is InChI=1S/C21H25N5O2/c1-15-9-20(28-19-6-4-5-18(10-19)27-3)24-21(23-15)16-7-8-26(12-16)13-17-11-22-14-25(17)2/h4-6,9-11,14,16H,7-8,12-13H2,1-3H3. The molecule has 1 unspecified atom stereocenters. The summed E-state index contributed by atoms with van der Waals surface area (Å²) in [7, 11) is 3.67. The van der Waals surface area contributed by atoms with Crippen LogP contribution in [-0.4, -0.2) is 44.6 Å². The molecule has 2 aromatic heterocycles.